The summed E-state index contributed by atoms with van der Waals surface area (Å²) < 4.78 is 13.1. The molecule has 0 unspecified atom stereocenters. The standard InChI is InChI=1S/C19H14ClFN2O3S/c1-11(24)22-15-6-2-12(3-7-15)8-17-18(25)23(19(26)27-17)10-13-4-5-14(21)9-16(13)20/h2-9H,10H2,1H3,(H,22,24)/b17-8+. The van der Waals surface area contributed by atoms with Crippen LogP contribution < -0.4 is 5.32 Å². The second kappa shape index (κ2) is 7.94. The SMILES string of the molecule is CC(=O)Nc1ccc(/C=C2/SC(=O)N(Cc3ccc(F)cc3Cl)C2=O)cc1. The van der Waals surface area contributed by atoms with Crippen molar-refractivity contribution in [3.05, 3.63) is 69.3 Å². The molecule has 1 aliphatic rings. The summed E-state index contributed by atoms with van der Waals surface area (Å²) in [5.74, 6) is -1.10. The lowest BCUT2D eigenvalue weighted by Gasteiger charge is -2.13. The van der Waals surface area contributed by atoms with Crippen molar-refractivity contribution in [3.63, 3.8) is 0 Å². The second-order valence-corrected chi connectivity index (χ2v) is 7.21. The lowest BCUT2D eigenvalue weighted by atomic mass is 10.1. The zero-order chi connectivity index (χ0) is 19.6. The molecule has 138 valence electrons. The van der Waals surface area contributed by atoms with Gasteiger partial charge in [-0.05, 0) is 53.2 Å². The van der Waals surface area contributed by atoms with Crippen LogP contribution in [0.15, 0.2) is 47.4 Å². The van der Waals surface area contributed by atoms with Crippen molar-refractivity contribution in [2.45, 2.75) is 13.5 Å². The minimum Gasteiger partial charge on any atom is -0.326 e. The van der Waals surface area contributed by atoms with Gasteiger partial charge in [0.15, 0.2) is 0 Å². The fourth-order valence-corrected chi connectivity index (χ4v) is 3.54. The number of thioether (sulfide) groups is 1. The molecule has 27 heavy (non-hydrogen) atoms. The Hall–Kier alpha value is -2.64. The molecule has 1 N–H and O–H groups in total. The van der Waals surface area contributed by atoms with E-state index in [1.807, 2.05) is 0 Å². The Labute approximate surface area is 164 Å². The van der Waals surface area contributed by atoms with Gasteiger partial charge in [-0.15, -0.1) is 0 Å². The predicted molar refractivity (Wildman–Crippen MR) is 104 cm³/mol. The topological polar surface area (TPSA) is 66.5 Å². The molecule has 0 aliphatic carbocycles. The molecule has 0 aromatic heterocycles. The third-order valence-electron chi connectivity index (χ3n) is 3.75. The van der Waals surface area contributed by atoms with E-state index in [-0.39, 0.29) is 22.4 Å². The smallest absolute Gasteiger partial charge is 0.293 e. The Bertz CT molecular complexity index is 960. The van der Waals surface area contributed by atoms with E-state index >= 15 is 0 Å². The highest BCUT2D eigenvalue weighted by atomic mass is 35.5. The summed E-state index contributed by atoms with van der Waals surface area (Å²) >= 11 is 6.81. The normalized spacial score (nSPS) is 15.5. The Morgan fingerprint density at radius 3 is 2.56 bits per heavy atom. The number of amides is 3. The largest absolute Gasteiger partial charge is 0.326 e. The molecule has 8 heteroatoms. The van der Waals surface area contributed by atoms with Gasteiger partial charge in [-0.2, -0.15) is 0 Å². The maximum atomic E-state index is 13.1. The summed E-state index contributed by atoms with van der Waals surface area (Å²) in [5.41, 5.74) is 1.84. The quantitative estimate of drug-likeness (QED) is 0.752. The molecule has 3 amide bonds. The van der Waals surface area contributed by atoms with Crippen LogP contribution in [-0.2, 0) is 16.1 Å². The Balaban J connectivity index is 1.77. The van der Waals surface area contributed by atoms with Crippen LogP contribution in [0.4, 0.5) is 14.9 Å². The minimum absolute atomic E-state index is 0.0252. The van der Waals surface area contributed by atoms with Crippen molar-refractivity contribution in [1.29, 1.82) is 0 Å². The van der Waals surface area contributed by atoms with Gasteiger partial charge in [0.25, 0.3) is 11.1 Å². The first-order chi connectivity index (χ1) is 12.8. The number of hydrogen-bond donors (Lipinski definition) is 1. The van der Waals surface area contributed by atoms with Gasteiger partial charge in [0.2, 0.25) is 5.91 Å². The zero-order valence-electron chi connectivity index (χ0n) is 14.2. The molecule has 3 rings (SSSR count). The number of nitrogens with zero attached hydrogens (tertiary/aromatic N) is 1. The molecule has 1 fully saturated rings. The molecule has 2 aromatic carbocycles. The molecule has 0 saturated carbocycles. The van der Waals surface area contributed by atoms with Gasteiger partial charge < -0.3 is 5.32 Å². The molecule has 0 spiro atoms. The highest BCUT2D eigenvalue weighted by Crippen LogP contribution is 2.34. The Kier molecular flexibility index (Phi) is 5.62. The van der Waals surface area contributed by atoms with Crippen molar-refractivity contribution in [2.24, 2.45) is 0 Å². The predicted octanol–water partition coefficient (Wildman–Crippen LogP) is 4.67. The summed E-state index contributed by atoms with van der Waals surface area (Å²) in [4.78, 5) is 37.2. The second-order valence-electron chi connectivity index (χ2n) is 5.81. The number of imide groups is 1. The van der Waals surface area contributed by atoms with Gasteiger partial charge in [0, 0.05) is 17.6 Å². The number of rotatable bonds is 4. The summed E-state index contributed by atoms with van der Waals surface area (Å²) in [7, 11) is 0. The van der Waals surface area contributed by atoms with Gasteiger partial charge in [0.1, 0.15) is 5.82 Å². The average molecular weight is 405 g/mol. The highest BCUT2D eigenvalue weighted by molar-refractivity contribution is 8.18. The summed E-state index contributed by atoms with van der Waals surface area (Å²) in [6.45, 7) is 1.39. The molecule has 0 radical (unpaired) electrons. The summed E-state index contributed by atoms with van der Waals surface area (Å²) in [6.07, 6.45) is 1.61. The summed E-state index contributed by atoms with van der Waals surface area (Å²) in [6, 6.07) is 10.7. The first-order valence-corrected chi connectivity index (χ1v) is 9.10. The molecule has 1 aliphatic heterocycles. The van der Waals surface area contributed by atoms with Crippen LogP contribution in [0, 0.1) is 5.82 Å². The average Bonchev–Trinajstić information content (AvgIpc) is 2.86. The summed E-state index contributed by atoms with van der Waals surface area (Å²) in [5, 5.41) is 2.40. The van der Waals surface area contributed by atoms with Crippen LogP contribution >= 0.6 is 23.4 Å². The van der Waals surface area contributed by atoms with E-state index in [9.17, 15) is 18.8 Å². The number of anilines is 1. The molecule has 2 aromatic rings. The molecule has 1 heterocycles. The number of nitrogens with one attached hydrogen (secondary N) is 1. The van der Waals surface area contributed by atoms with E-state index in [1.54, 1.807) is 30.3 Å². The lowest BCUT2D eigenvalue weighted by molar-refractivity contribution is -0.123. The van der Waals surface area contributed by atoms with Crippen molar-refractivity contribution < 1.29 is 18.8 Å². The third-order valence-corrected chi connectivity index (χ3v) is 5.01. The lowest BCUT2D eigenvalue weighted by Crippen LogP contribution is -2.27. The van der Waals surface area contributed by atoms with E-state index in [1.165, 1.54) is 19.1 Å². The van der Waals surface area contributed by atoms with Gasteiger partial charge in [-0.25, -0.2) is 4.39 Å². The van der Waals surface area contributed by atoms with Gasteiger partial charge in [-0.1, -0.05) is 29.8 Å². The van der Waals surface area contributed by atoms with Crippen molar-refractivity contribution in [3.8, 4) is 0 Å². The first kappa shape index (κ1) is 19.1. The Morgan fingerprint density at radius 2 is 1.93 bits per heavy atom. The Morgan fingerprint density at radius 1 is 1.22 bits per heavy atom. The highest BCUT2D eigenvalue weighted by Gasteiger charge is 2.35. The fourth-order valence-electron chi connectivity index (χ4n) is 2.47. The van der Waals surface area contributed by atoms with Crippen LogP contribution in [0.1, 0.15) is 18.1 Å². The number of hydrogen-bond acceptors (Lipinski definition) is 4. The van der Waals surface area contributed by atoms with E-state index in [0.29, 0.717) is 11.3 Å². The first-order valence-electron chi connectivity index (χ1n) is 7.90. The number of benzene rings is 2. The van der Waals surface area contributed by atoms with Crippen LogP contribution in [-0.4, -0.2) is 22.0 Å². The number of carbonyl (C=O) groups is 3. The molecular weight excluding hydrogens is 391 g/mol. The molecular formula is C19H14ClFN2O3S. The maximum absolute atomic E-state index is 13.1. The monoisotopic (exact) mass is 404 g/mol. The van der Waals surface area contributed by atoms with E-state index in [0.717, 1.165) is 28.3 Å². The van der Waals surface area contributed by atoms with E-state index < -0.39 is 17.0 Å². The number of carbonyl (C=O) groups excluding carboxylic acids is 3. The maximum Gasteiger partial charge on any atom is 0.293 e. The van der Waals surface area contributed by atoms with E-state index in [2.05, 4.69) is 5.32 Å². The van der Waals surface area contributed by atoms with Crippen LogP contribution in [0.2, 0.25) is 5.02 Å². The van der Waals surface area contributed by atoms with Crippen LogP contribution in [0.25, 0.3) is 6.08 Å². The molecule has 1 saturated heterocycles. The third kappa shape index (κ3) is 4.56. The fraction of sp³-hybridized carbons (Fsp3) is 0.105. The number of halogens is 2. The van der Waals surface area contributed by atoms with Crippen LogP contribution in [0.3, 0.4) is 0 Å². The van der Waals surface area contributed by atoms with Crippen LogP contribution in [0.5, 0.6) is 0 Å². The molecule has 0 bridgehead atoms. The van der Waals surface area contributed by atoms with Gasteiger partial charge in [0.05, 0.1) is 11.4 Å². The van der Waals surface area contributed by atoms with Crippen molar-refractivity contribution >= 4 is 52.2 Å². The van der Waals surface area contributed by atoms with Gasteiger partial charge >= 0.3 is 0 Å². The zero-order valence-corrected chi connectivity index (χ0v) is 15.7. The molecule has 5 nitrogen and oxygen atoms in total. The van der Waals surface area contributed by atoms with Crippen molar-refractivity contribution in [2.75, 3.05) is 5.32 Å². The minimum atomic E-state index is -0.486. The molecule has 0 atom stereocenters. The van der Waals surface area contributed by atoms with Gasteiger partial charge in [-0.3, -0.25) is 19.3 Å². The van der Waals surface area contributed by atoms with Crippen molar-refractivity contribution in [1.82, 2.24) is 4.90 Å². The van der Waals surface area contributed by atoms with E-state index in [4.69, 9.17) is 11.6 Å².